The summed E-state index contributed by atoms with van der Waals surface area (Å²) in [6.07, 6.45) is 1.73. The minimum absolute atomic E-state index is 0.0534. The summed E-state index contributed by atoms with van der Waals surface area (Å²) in [5, 5.41) is 3.83. The average molecular weight is 308 g/mol. The molecule has 6 heteroatoms. The van der Waals surface area contributed by atoms with E-state index in [0.717, 1.165) is 30.5 Å². The lowest BCUT2D eigenvalue weighted by Gasteiger charge is -2.22. The van der Waals surface area contributed by atoms with Crippen molar-refractivity contribution < 1.29 is 13.6 Å². The standard InChI is InChI=1S/C15H14F2N2OS/c16-11-3-4-12(18)14(17)13(11)15(20)19(10-1-2-10)7-9-5-6-21-8-9/h3-6,8,10H,1-2,7,18H2. The first-order valence-electron chi connectivity index (χ1n) is 6.63. The Kier molecular flexibility index (Phi) is 3.63. The molecule has 1 aliphatic rings. The SMILES string of the molecule is Nc1ccc(F)c(C(=O)N(Cc2ccsc2)C2CC2)c1F. The number of thiophene rings is 1. The number of nitrogens with zero attached hydrogens (tertiary/aromatic N) is 1. The Bertz CT molecular complexity index is 669. The number of rotatable bonds is 4. The maximum atomic E-state index is 14.0. The average Bonchev–Trinajstić information content (AvgIpc) is 3.17. The summed E-state index contributed by atoms with van der Waals surface area (Å²) in [6, 6.07) is 4.11. The molecule has 0 bridgehead atoms. The molecule has 21 heavy (non-hydrogen) atoms. The number of benzene rings is 1. The molecule has 1 amide bonds. The predicted molar refractivity (Wildman–Crippen MR) is 78.0 cm³/mol. The summed E-state index contributed by atoms with van der Waals surface area (Å²) in [7, 11) is 0. The fraction of sp³-hybridized carbons (Fsp3) is 0.267. The van der Waals surface area contributed by atoms with Crippen LogP contribution in [0.2, 0.25) is 0 Å². The highest BCUT2D eigenvalue weighted by Crippen LogP contribution is 2.31. The molecule has 0 aliphatic heterocycles. The van der Waals surface area contributed by atoms with E-state index in [1.807, 2.05) is 16.8 Å². The normalized spacial score (nSPS) is 14.2. The van der Waals surface area contributed by atoms with Crippen molar-refractivity contribution in [1.82, 2.24) is 4.90 Å². The third-order valence-corrected chi connectivity index (χ3v) is 4.25. The van der Waals surface area contributed by atoms with Gasteiger partial charge >= 0.3 is 0 Å². The van der Waals surface area contributed by atoms with Crippen LogP contribution in [-0.4, -0.2) is 16.8 Å². The number of nitrogens with two attached hydrogens (primary N) is 1. The van der Waals surface area contributed by atoms with Gasteiger partial charge in [-0.1, -0.05) is 0 Å². The van der Waals surface area contributed by atoms with E-state index in [9.17, 15) is 13.6 Å². The Balaban J connectivity index is 1.93. The zero-order valence-corrected chi connectivity index (χ0v) is 12.0. The van der Waals surface area contributed by atoms with Crippen LogP contribution in [0.3, 0.4) is 0 Å². The highest BCUT2D eigenvalue weighted by atomic mass is 32.1. The lowest BCUT2D eigenvalue weighted by Crippen LogP contribution is -2.34. The van der Waals surface area contributed by atoms with E-state index in [2.05, 4.69) is 0 Å². The first-order chi connectivity index (χ1) is 10.1. The van der Waals surface area contributed by atoms with E-state index >= 15 is 0 Å². The van der Waals surface area contributed by atoms with Crippen LogP contribution < -0.4 is 5.73 Å². The van der Waals surface area contributed by atoms with Crippen molar-refractivity contribution in [3.63, 3.8) is 0 Å². The summed E-state index contributed by atoms with van der Waals surface area (Å²) >= 11 is 1.52. The van der Waals surface area contributed by atoms with Gasteiger partial charge in [0.25, 0.3) is 5.91 Å². The summed E-state index contributed by atoms with van der Waals surface area (Å²) in [6.45, 7) is 0.362. The summed E-state index contributed by atoms with van der Waals surface area (Å²) < 4.78 is 27.9. The molecule has 1 aliphatic carbocycles. The van der Waals surface area contributed by atoms with Crippen molar-refractivity contribution in [2.24, 2.45) is 0 Å². The molecule has 1 saturated carbocycles. The topological polar surface area (TPSA) is 46.3 Å². The largest absolute Gasteiger partial charge is 0.396 e. The van der Waals surface area contributed by atoms with Crippen molar-refractivity contribution in [3.8, 4) is 0 Å². The predicted octanol–water partition coefficient (Wildman–Crippen LogP) is 3.41. The second kappa shape index (κ2) is 5.44. The van der Waals surface area contributed by atoms with Crippen LogP contribution in [0.25, 0.3) is 0 Å². The highest BCUT2D eigenvalue weighted by Gasteiger charge is 2.35. The fourth-order valence-electron chi connectivity index (χ4n) is 2.24. The molecule has 2 aromatic rings. The van der Waals surface area contributed by atoms with Gasteiger partial charge in [0.2, 0.25) is 0 Å². The minimum Gasteiger partial charge on any atom is -0.396 e. The third-order valence-electron chi connectivity index (χ3n) is 3.52. The zero-order valence-electron chi connectivity index (χ0n) is 11.2. The highest BCUT2D eigenvalue weighted by molar-refractivity contribution is 7.07. The minimum atomic E-state index is -0.976. The summed E-state index contributed by atoms with van der Waals surface area (Å²) in [4.78, 5) is 14.1. The van der Waals surface area contributed by atoms with Gasteiger partial charge in [-0.05, 0) is 47.4 Å². The van der Waals surface area contributed by atoms with Crippen molar-refractivity contribution in [2.45, 2.75) is 25.4 Å². The van der Waals surface area contributed by atoms with Gasteiger partial charge in [-0.3, -0.25) is 4.79 Å². The Morgan fingerprint density at radius 3 is 2.71 bits per heavy atom. The van der Waals surface area contributed by atoms with Crippen LogP contribution in [0.4, 0.5) is 14.5 Å². The van der Waals surface area contributed by atoms with Crippen LogP contribution in [0.15, 0.2) is 29.0 Å². The second-order valence-electron chi connectivity index (χ2n) is 5.12. The van der Waals surface area contributed by atoms with Crippen molar-refractivity contribution >= 4 is 22.9 Å². The molecule has 0 saturated heterocycles. The first-order valence-corrected chi connectivity index (χ1v) is 7.57. The molecule has 1 heterocycles. The van der Waals surface area contributed by atoms with Crippen molar-refractivity contribution in [2.75, 3.05) is 5.73 Å². The van der Waals surface area contributed by atoms with Crippen LogP contribution in [0.1, 0.15) is 28.8 Å². The number of amides is 1. The van der Waals surface area contributed by atoms with Gasteiger partial charge < -0.3 is 10.6 Å². The quantitative estimate of drug-likeness (QED) is 0.880. The second-order valence-corrected chi connectivity index (χ2v) is 5.90. The molecule has 0 unspecified atom stereocenters. The molecule has 0 radical (unpaired) electrons. The van der Waals surface area contributed by atoms with Crippen LogP contribution in [-0.2, 0) is 6.54 Å². The van der Waals surface area contributed by atoms with Gasteiger partial charge in [-0.25, -0.2) is 8.78 Å². The number of carbonyl (C=O) groups excluding carboxylic acids is 1. The van der Waals surface area contributed by atoms with Crippen molar-refractivity contribution in [1.29, 1.82) is 0 Å². The van der Waals surface area contributed by atoms with Gasteiger partial charge in [-0.2, -0.15) is 11.3 Å². The van der Waals surface area contributed by atoms with Gasteiger partial charge in [0.05, 0.1) is 5.69 Å². The third kappa shape index (κ3) is 2.76. The van der Waals surface area contributed by atoms with E-state index in [1.165, 1.54) is 16.2 Å². The monoisotopic (exact) mass is 308 g/mol. The fourth-order valence-corrected chi connectivity index (χ4v) is 2.90. The molecule has 1 fully saturated rings. The molecule has 110 valence electrons. The maximum absolute atomic E-state index is 14.0. The Morgan fingerprint density at radius 2 is 2.10 bits per heavy atom. The Hall–Kier alpha value is -1.95. The van der Waals surface area contributed by atoms with Crippen LogP contribution >= 0.6 is 11.3 Å². The summed E-state index contributed by atoms with van der Waals surface area (Å²) in [5.74, 6) is -2.48. The number of hydrogen-bond donors (Lipinski definition) is 1. The van der Waals surface area contributed by atoms with Gasteiger partial charge in [0.15, 0.2) is 5.82 Å². The van der Waals surface area contributed by atoms with E-state index in [0.29, 0.717) is 6.54 Å². The number of carbonyl (C=O) groups is 1. The number of hydrogen-bond acceptors (Lipinski definition) is 3. The zero-order chi connectivity index (χ0) is 15.0. The number of anilines is 1. The van der Waals surface area contributed by atoms with Crippen molar-refractivity contribution in [3.05, 3.63) is 51.7 Å². The molecular formula is C15H14F2N2OS. The first kappa shape index (κ1) is 14.0. The van der Waals surface area contributed by atoms with Gasteiger partial charge in [-0.15, -0.1) is 0 Å². The van der Waals surface area contributed by atoms with Crippen LogP contribution in [0.5, 0.6) is 0 Å². The molecule has 3 rings (SSSR count). The molecule has 0 atom stereocenters. The van der Waals surface area contributed by atoms with Gasteiger partial charge in [0, 0.05) is 12.6 Å². The molecule has 2 N–H and O–H groups in total. The molecule has 0 spiro atoms. The molecule has 1 aromatic heterocycles. The molecule has 1 aromatic carbocycles. The number of halogens is 2. The Labute approximate surface area is 125 Å². The smallest absolute Gasteiger partial charge is 0.260 e. The van der Waals surface area contributed by atoms with E-state index in [-0.39, 0.29) is 11.7 Å². The molecule has 3 nitrogen and oxygen atoms in total. The van der Waals surface area contributed by atoms with E-state index in [1.54, 1.807) is 0 Å². The Morgan fingerprint density at radius 1 is 1.33 bits per heavy atom. The maximum Gasteiger partial charge on any atom is 0.260 e. The summed E-state index contributed by atoms with van der Waals surface area (Å²) in [5.41, 5.74) is 5.63. The molecular weight excluding hydrogens is 294 g/mol. The lowest BCUT2D eigenvalue weighted by atomic mass is 10.1. The lowest BCUT2D eigenvalue weighted by molar-refractivity contribution is 0.0720. The van der Waals surface area contributed by atoms with Gasteiger partial charge in [0.1, 0.15) is 11.4 Å². The van der Waals surface area contributed by atoms with E-state index < -0.39 is 23.1 Å². The van der Waals surface area contributed by atoms with Crippen LogP contribution in [0, 0.1) is 11.6 Å². The number of nitrogen functional groups attached to an aromatic ring is 1. The van der Waals surface area contributed by atoms with E-state index in [4.69, 9.17) is 5.73 Å².